The van der Waals surface area contributed by atoms with Crippen molar-refractivity contribution in [2.24, 2.45) is 5.10 Å². The van der Waals surface area contributed by atoms with Crippen LogP contribution in [0.1, 0.15) is 43.1 Å². The predicted octanol–water partition coefficient (Wildman–Crippen LogP) is 3.53. The molecule has 162 valence electrons. The number of carbonyl (C=O) groups is 2. The largest absolute Gasteiger partial charge is 0.338 e. The molecule has 6 heteroatoms. The number of amides is 2. The molecule has 0 radical (unpaired) electrons. The van der Waals surface area contributed by atoms with Crippen molar-refractivity contribution in [2.45, 2.75) is 32.6 Å². The van der Waals surface area contributed by atoms with Crippen LogP contribution in [0, 0.1) is 0 Å². The average molecular weight is 419 g/mol. The highest BCUT2D eigenvalue weighted by Crippen LogP contribution is 2.26. The molecule has 2 heterocycles. The topological polar surface area (TPSA) is 56.2 Å². The van der Waals surface area contributed by atoms with Crippen molar-refractivity contribution >= 4 is 23.2 Å². The van der Waals surface area contributed by atoms with E-state index in [2.05, 4.69) is 5.10 Å². The number of piperazine rings is 1. The Bertz CT molecular complexity index is 974. The molecule has 2 aliphatic rings. The minimum atomic E-state index is -0.584. The van der Waals surface area contributed by atoms with Crippen LogP contribution in [0.2, 0.25) is 0 Å². The molecule has 2 aromatic carbocycles. The molecule has 2 aliphatic heterocycles. The lowest BCUT2D eigenvalue weighted by Crippen LogP contribution is -2.54. The lowest BCUT2D eigenvalue weighted by atomic mass is 9.83. The van der Waals surface area contributed by atoms with Crippen molar-refractivity contribution in [3.8, 4) is 0 Å². The fourth-order valence-corrected chi connectivity index (χ4v) is 4.21. The smallest absolute Gasteiger partial charge is 0.253 e. The first-order valence-corrected chi connectivity index (χ1v) is 10.9. The molecule has 2 aromatic rings. The van der Waals surface area contributed by atoms with Crippen LogP contribution in [0.4, 0.5) is 5.69 Å². The normalized spacial score (nSPS) is 17.0. The van der Waals surface area contributed by atoms with Gasteiger partial charge in [-0.05, 0) is 50.6 Å². The minimum absolute atomic E-state index is 0.0158. The molecule has 2 amide bonds. The molecule has 0 aromatic heterocycles. The summed E-state index contributed by atoms with van der Waals surface area (Å²) in [5.74, 6) is 0.124. The van der Waals surface area contributed by atoms with E-state index in [0.29, 0.717) is 31.7 Å². The van der Waals surface area contributed by atoms with Gasteiger partial charge in [0.2, 0.25) is 5.91 Å². The fourth-order valence-electron chi connectivity index (χ4n) is 4.21. The second kappa shape index (κ2) is 8.53. The minimum Gasteiger partial charge on any atom is -0.338 e. The summed E-state index contributed by atoms with van der Waals surface area (Å²) in [6, 6.07) is 17.5. The zero-order valence-electron chi connectivity index (χ0n) is 18.5. The maximum absolute atomic E-state index is 13.2. The molecule has 6 nitrogen and oxygen atoms in total. The van der Waals surface area contributed by atoms with Crippen LogP contribution in [0.15, 0.2) is 59.7 Å². The van der Waals surface area contributed by atoms with Crippen molar-refractivity contribution < 1.29 is 9.59 Å². The van der Waals surface area contributed by atoms with E-state index in [-0.39, 0.29) is 11.8 Å². The van der Waals surface area contributed by atoms with E-state index in [1.165, 1.54) is 0 Å². The Morgan fingerprint density at radius 1 is 0.839 bits per heavy atom. The van der Waals surface area contributed by atoms with Crippen molar-refractivity contribution in [1.82, 2.24) is 9.80 Å². The number of carbonyl (C=O) groups excluding carboxylic acids is 2. The lowest BCUT2D eigenvalue weighted by molar-refractivity contribution is -0.137. The van der Waals surface area contributed by atoms with E-state index in [1.54, 1.807) is 0 Å². The maximum atomic E-state index is 13.2. The van der Waals surface area contributed by atoms with Gasteiger partial charge in [-0.1, -0.05) is 30.3 Å². The summed E-state index contributed by atoms with van der Waals surface area (Å²) in [7, 11) is 0. The zero-order chi connectivity index (χ0) is 22.0. The van der Waals surface area contributed by atoms with Gasteiger partial charge in [0.05, 0.1) is 11.1 Å². The quantitative estimate of drug-likeness (QED) is 0.763. The van der Waals surface area contributed by atoms with Gasteiger partial charge >= 0.3 is 0 Å². The Hall–Kier alpha value is -3.15. The van der Waals surface area contributed by atoms with Gasteiger partial charge in [0, 0.05) is 50.4 Å². The molecule has 0 atom stereocenters. The van der Waals surface area contributed by atoms with E-state index < -0.39 is 5.41 Å². The summed E-state index contributed by atoms with van der Waals surface area (Å²) in [4.78, 5) is 29.8. The highest BCUT2D eigenvalue weighted by atomic mass is 16.2. The molecular weight excluding hydrogens is 388 g/mol. The summed E-state index contributed by atoms with van der Waals surface area (Å²) in [6.07, 6.45) is 0.977. The average Bonchev–Trinajstić information content (AvgIpc) is 3.25. The Balaban J connectivity index is 1.36. The molecular formula is C25H30N4O2. The molecule has 0 bridgehead atoms. The summed E-state index contributed by atoms with van der Waals surface area (Å²) in [5.41, 5.74) is 3.23. The highest BCUT2D eigenvalue weighted by molar-refractivity contribution is 5.95. The van der Waals surface area contributed by atoms with Crippen LogP contribution in [0.3, 0.4) is 0 Å². The van der Waals surface area contributed by atoms with Gasteiger partial charge in [0.25, 0.3) is 5.91 Å². The molecule has 0 N–H and O–H groups in total. The van der Waals surface area contributed by atoms with Gasteiger partial charge in [-0.3, -0.25) is 14.6 Å². The van der Waals surface area contributed by atoms with Gasteiger partial charge in [-0.25, -0.2) is 0 Å². The first kappa shape index (κ1) is 21.1. The molecule has 0 aliphatic carbocycles. The summed E-state index contributed by atoms with van der Waals surface area (Å²) >= 11 is 0. The van der Waals surface area contributed by atoms with E-state index >= 15 is 0 Å². The zero-order valence-corrected chi connectivity index (χ0v) is 18.5. The second-order valence-corrected chi connectivity index (χ2v) is 8.83. The second-order valence-electron chi connectivity index (χ2n) is 8.83. The number of benzene rings is 2. The van der Waals surface area contributed by atoms with E-state index in [9.17, 15) is 9.59 Å². The number of hydrogen-bond donors (Lipinski definition) is 0. The standard InChI is InChI=1S/C25H30N4O2/c1-19-13-14-29(26-19)22-11-9-20(10-12-22)23(30)27-15-17-28(18-16-27)24(31)25(2,3)21-7-5-4-6-8-21/h4-12H,13-18H2,1-3H3. The Kier molecular flexibility index (Phi) is 5.81. The van der Waals surface area contributed by atoms with Gasteiger partial charge in [0.1, 0.15) is 0 Å². The Labute approximate surface area is 184 Å². The van der Waals surface area contributed by atoms with Gasteiger partial charge in [-0.2, -0.15) is 5.10 Å². The number of hydrazone groups is 1. The summed E-state index contributed by atoms with van der Waals surface area (Å²) in [6.45, 7) is 9.06. The van der Waals surface area contributed by atoms with Gasteiger partial charge in [0.15, 0.2) is 0 Å². The highest BCUT2D eigenvalue weighted by Gasteiger charge is 2.35. The van der Waals surface area contributed by atoms with Crippen LogP contribution in [-0.2, 0) is 10.2 Å². The first-order valence-electron chi connectivity index (χ1n) is 10.9. The van der Waals surface area contributed by atoms with E-state index in [0.717, 1.165) is 29.9 Å². The van der Waals surface area contributed by atoms with Gasteiger partial charge in [-0.15, -0.1) is 0 Å². The molecule has 4 rings (SSSR count). The van der Waals surface area contributed by atoms with E-state index in [4.69, 9.17) is 0 Å². The van der Waals surface area contributed by atoms with Gasteiger partial charge < -0.3 is 9.80 Å². The van der Waals surface area contributed by atoms with Crippen molar-refractivity contribution in [3.05, 3.63) is 65.7 Å². The summed E-state index contributed by atoms with van der Waals surface area (Å²) < 4.78 is 0. The van der Waals surface area contributed by atoms with Crippen molar-refractivity contribution in [2.75, 3.05) is 37.7 Å². The monoisotopic (exact) mass is 418 g/mol. The number of anilines is 1. The lowest BCUT2D eigenvalue weighted by Gasteiger charge is -2.38. The number of nitrogens with zero attached hydrogens (tertiary/aromatic N) is 4. The number of rotatable bonds is 4. The van der Waals surface area contributed by atoms with Crippen LogP contribution >= 0.6 is 0 Å². The third kappa shape index (κ3) is 4.33. The molecule has 0 saturated carbocycles. The Morgan fingerprint density at radius 3 is 2.03 bits per heavy atom. The number of hydrogen-bond acceptors (Lipinski definition) is 4. The third-order valence-corrected chi connectivity index (χ3v) is 6.27. The van der Waals surface area contributed by atoms with E-state index in [1.807, 2.05) is 90.2 Å². The fraction of sp³-hybridized carbons (Fsp3) is 0.400. The summed E-state index contributed by atoms with van der Waals surface area (Å²) in [5, 5.41) is 6.48. The Morgan fingerprint density at radius 2 is 1.45 bits per heavy atom. The third-order valence-electron chi connectivity index (χ3n) is 6.27. The first-order chi connectivity index (χ1) is 14.9. The van der Waals surface area contributed by atoms with Crippen molar-refractivity contribution in [3.63, 3.8) is 0 Å². The maximum Gasteiger partial charge on any atom is 0.253 e. The van der Waals surface area contributed by atoms with Crippen molar-refractivity contribution in [1.29, 1.82) is 0 Å². The molecule has 1 saturated heterocycles. The molecule has 0 spiro atoms. The van der Waals surface area contributed by atoms with Crippen LogP contribution in [-0.4, -0.2) is 60.0 Å². The SMILES string of the molecule is CC1=NN(c2ccc(C(=O)N3CCN(C(=O)C(C)(C)c4ccccc4)CC3)cc2)CC1. The predicted molar refractivity (Wildman–Crippen MR) is 123 cm³/mol. The molecule has 1 fully saturated rings. The van der Waals surface area contributed by atoms with Crippen LogP contribution in [0.25, 0.3) is 0 Å². The van der Waals surface area contributed by atoms with Crippen LogP contribution in [0.5, 0.6) is 0 Å². The van der Waals surface area contributed by atoms with Crippen LogP contribution < -0.4 is 5.01 Å². The molecule has 31 heavy (non-hydrogen) atoms. The molecule has 0 unspecified atom stereocenters.